The van der Waals surface area contributed by atoms with Crippen molar-refractivity contribution in [3.05, 3.63) is 23.9 Å². The second-order valence-corrected chi connectivity index (χ2v) is 6.24. The quantitative estimate of drug-likeness (QED) is 0.925. The molecule has 3 rings (SSSR count). The lowest BCUT2D eigenvalue weighted by Gasteiger charge is -2.35. The van der Waals surface area contributed by atoms with Gasteiger partial charge in [-0.2, -0.15) is 0 Å². The van der Waals surface area contributed by atoms with Gasteiger partial charge in [0.05, 0.1) is 0 Å². The Morgan fingerprint density at radius 2 is 1.95 bits per heavy atom. The Morgan fingerprint density at radius 1 is 1.18 bits per heavy atom. The first-order chi connectivity index (χ1) is 10.8. The maximum Gasteiger partial charge on any atom is 0.272 e. The van der Waals surface area contributed by atoms with Gasteiger partial charge in [0.25, 0.3) is 5.91 Å². The van der Waals surface area contributed by atoms with Crippen LogP contribution in [0.1, 0.15) is 49.0 Å². The van der Waals surface area contributed by atoms with Crippen LogP contribution in [0.25, 0.3) is 0 Å². The van der Waals surface area contributed by atoms with E-state index in [4.69, 9.17) is 0 Å². The van der Waals surface area contributed by atoms with Crippen LogP contribution in [0.4, 0.5) is 5.82 Å². The summed E-state index contributed by atoms with van der Waals surface area (Å²) in [5.74, 6) is 0.929. The van der Waals surface area contributed by atoms with Crippen LogP contribution >= 0.6 is 0 Å². The summed E-state index contributed by atoms with van der Waals surface area (Å²) in [6, 6.07) is 5.89. The zero-order valence-corrected chi connectivity index (χ0v) is 13.1. The number of hydrogen-bond acceptors (Lipinski definition) is 4. The van der Waals surface area contributed by atoms with Gasteiger partial charge in [-0.25, -0.2) is 4.98 Å². The van der Waals surface area contributed by atoms with Crippen molar-refractivity contribution in [2.24, 2.45) is 0 Å². The lowest BCUT2D eigenvalue weighted by atomic mass is 9.99. The van der Waals surface area contributed by atoms with Crippen molar-refractivity contribution in [1.29, 1.82) is 0 Å². The minimum Gasteiger partial charge on any atom is -0.396 e. The molecule has 5 nitrogen and oxygen atoms in total. The van der Waals surface area contributed by atoms with E-state index in [1.54, 1.807) is 0 Å². The summed E-state index contributed by atoms with van der Waals surface area (Å²) in [5.41, 5.74) is 0.536. The van der Waals surface area contributed by atoms with E-state index in [0.29, 0.717) is 12.1 Å². The summed E-state index contributed by atoms with van der Waals surface area (Å²) in [5, 5.41) is 9.22. The summed E-state index contributed by atoms with van der Waals surface area (Å²) < 4.78 is 0. The van der Waals surface area contributed by atoms with Crippen LogP contribution in [0, 0.1) is 0 Å². The van der Waals surface area contributed by atoms with Crippen LogP contribution in [0.3, 0.4) is 0 Å². The lowest BCUT2D eigenvalue weighted by Crippen LogP contribution is -2.44. The number of nitrogens with zero attached hydrogens (tertiary/aromatic N) is 3. The van der Waals surface area contributed by atoms with Crippen molar-refractivity contribution in [3.8, 4) is 0 Å². The van der Waals surface area contributed by atoms with Gasteiger partial charge in [0.2, 0.25) is 0 Å². The predicted octanol–water partition coefficient (Wildman–Crippen LogP) is 2.06. The van der Waals surface area contributed by atoms with Gasteiger partial charge in [0, 0.05) is 32.3 Å². The van der Waals surface area contributed by atoms with E-state index >= 15 is 0 Å². The number of carbonyl (C=O) groups is 1. The van der Waals surface area contributed by atoms with Gasteiger partial charge in [0.1, 0.15) is 11.5 Å². The molecule has 2 fully saturated rings. The lowest BCUT2D eigenvalue weighted by molar-refractivity contribution is 0.0569. The van der Waals surface area contributed by atoms with E-state index in [9.17, 15) is 9.90 Å². The molecule has 1 aromatic heterocycles. The molecular weight excluding hydrogens is 278 g/mol. The zero-order valence-electron chi connectivity index (χ0n) is 13.1. The molecule has 1 aromatic rings. The number of carbonyl (C=O) groups excluding carboxylic acids is 1. The topological polar surface area (TPSA) is 56.7 Å². The fourth-order valence-corrected chi connectivity index (χ4v) is 3.53. The summed E-state index contributed by atoms with van der Waals surface area (Å²) in [4.78, 5) is 21.6. The first-order valence-electron chi connectivity index (χ1n) is 8.43. The Bertz CT molecular complexity index is 512. The van der Waals surface area contributed by atoms with Crippen molar-refractivity contribution in [2.45, 2.75) is 44.6 Å². The standard InChI is InChI=1S/C17H25N3O2/c21-13-9-14-6-1-2-12-20(14)17(22)15-7-5-8-16(18-15)19-10-3-4-11-19/h5,7-8,14,21H,1-4,6,9-13H2. The molecule has 0 spiro atoms. The van der Waals surface area contributed by atoms with Gasteiger partial charge < -0.3 is 14.9 Å². The molecule has 1 N–H and O–H groups in total. The number of pyridine rings is 1. The van der Waals surface area contributed by atoms with E-state index in [-0.39, 0.29) is 18.6 Å². The molecule has 1 unspecified atom stereocenters. The minimum absolute atomic E-state index is 0.0131. The van der Waals surface area contributed by atoms with Crippen LogP contribution in [0.15, 0.2) is 18.2 Å². The highest BCUT2D eigenvalue weighted by atomic mass is 16.3. The maximum absolute atomic E-state index is 12.8. The van der Waals surface area contributed by atoms with E-state index in [1.807, 2.05) is 23.1 Å². The van der Waals surface area contributed by atoms with Gasteiger partial charge in [-0.15, -0.1) is 0 Å². The molecule has 0 aliphatic carbocycles. The van der Waals surface area contributed by atoms with Crippen LogP contribution < -0.4 is 4.90 Å². The Hall–Kier alpha value is -1.62. The molecule has 1 amide bonds. The number of piperidine rings is 1. The van der Waals surface area contributed by atoms with Crippen molar-refractivity contribution in [1.82, 2.24) is 9.88 Å². The zero-order chi connectivity index (χ0) is 15.4. The minimum atomic E-state index is 0.0131. The first-order valence-corrected chi connectivity index (χ1v) is 8.43. The highest BCUT2D eigenvalue weighted by molar-refractivity contribution is 5.93. The number of amides is 1. The summed E-state index contributed by atoms with van der Waals surface area (Å²) in [6.45, 7) is 2.97. The SMILES string of the molecule is O=C(c1cccc(N2CCCC2)n1)N1CCCCC1CCO. The predicted molar refractivity (Wildman–Crippen MR) is 86.1 cm³/mol. The average Bonchev–Trinajstić information content (AvgIpc) is 3.10. The van der Waals surface area contributed by atoms with Gasteiger partial charge in [-0.1, -0.05) is 6.07 Å². The average molecular weight is 303 g/mol. The van der Waals surface area contributed by atoms with E-state index in [1.165, 1.54) is 12.8 Å². The molecular formula is C17H25N3O2. The van der Waals surface area contributed by atoms with E-state index in [0.717, 1.165) is 44.7 Å². The monoisotopic (exact) mass is 303 g/mol. The third kappa shape index (κ3) is 3.24. The number of likely N-dealkylation sites (tertiary alicyclic amines) is 1. The Labute approximate surface area is 131 Å². The van der Waals surface area contributed by atoms with E-state index in [2.05, 4.69) is 9.88 Å². The maximum atomic E-state index is 12.8. The Morgan fingerprint density at radius 3 is 2.73 bits per heavy atom. The summed E-state index contributed by atoms with van der Waals surface area (Å²) in [7, 11) is 0. The second kappa shape index (κ2) is 7.09. The van der Waals surface area contributed by atoms with Gasteiger partial charge in [-0.3, -0.25) is 4.79 Å². The third-order valence-corrected chi connectivity index (χ3v) is 4.73. The van der Waals surface area contributed by atoms with Crippen LogP contribution in [-0.4, -0.2) is 53.2 Å². The van der Waals surface area contributed by atoms with Crippen molar-refractivity contribution < 1.29 is 9.90 Å². The fraction of sp³-hybridized carbons (Fsp3) is 0.647. The molecule has 2 aliphatic rings. The number of aliphatic hydroxyl groups excluding tert-OH is 1. The molecule has 22 heavy (non-hydrogen) atoms. The summed E-state index contributed by atoms with van der Waals surface area (Å²) in [6.07, 6.45) is 6.22. The van der Waals surface area contributed by atoms with Gasteiger partial charge in [-0.05, 0) is 50.7 Å². The van der Waals surface area contributed by atoms with E-state index < -0.39 is 0 Å². The smallest absolute Gasteiger partial charge is 0.272 e. The number of aromatic nitrogens is 1. The molecule has 120 valence electrons. The highest BCUT2D eigenvalue weighted by Gasteiger charge is 2.28. The van der Waals surface area contributed by atoms with Crippen molar-refractivity contribution in [3.63, 3.8) is 0 Å². The Kier molecular flexibility index (Phi) is 4.93. The number of anilines is 1. The molecule has 2 saturated heterocycles. The van der Waals surface area contributed by atoms with Crippen LogP contribution in [0.5, 0.6) is 0 Å². The number of aliphatic hydroxyl groups is 1. The third-order valence-electron chi connectivity index (χ3n) is 4.73. The van der Waals surface area contributed by atoms with Crippen LogP contribution in [-0.2, 0) is 0 Å². The van der Waals surface area contributed by atoms with Crippen LogP contribution in [0.2, 0.25) is 0 Å². The largest absolute Gasteiger partial charge is 0.396 e. The molecule has 0 radical (unpaired) electrons. The van der Waals surface area contributed by atoms with Gasteiger partial charge in [0.15, 0.2) is 0 Å². The molecule has 0 saturated carbocycles. The van der Waals surface area contributed by atoms with Crippen molar-refractivity contribution in [2.75, 3.05) is 31.1 Å². The Balaban J connectivity index is 1.77. The molecule has 3 heterocycles. The van der Waals surface area contributed by atoms with Crippen molar-refractivity contribution >= 4 is 11.7 Å². The molecule has 0 bridgehead atoms. The molecule has 2 aliphatic heterocycles. The normalized spacial score (nSPS) is 22.1. The summed E-state index contributed by atoms with van der Waals surface area (Å²) >= 11 is 0. The molecule has 1 atom stereocenters. The van der Waals surface area contributed by atoms with Gasteiger partial charge >= 0.3 is 0 Å². The molecule has 5 heteroatoms. The molecule has 0 aromatic carbocycles. The fourth-order valence-electron chi connectivity index (χ4n) is 3.53. The first kappa shape index (κ1) is 15.3. The number of rotatable bonds is 4. The number of hydrogen-bond donors (Lipinski definition) is 1. The second-order valence-electron chi connectivity index (χ2n) is 6.24. The highest BCUT2D eigenvalue weighted by Crippen LogP contribution is 2.23.